The molecular formula is C18H25NO3S. The molecule has 5 heteroatoms. The van der Waals surface area contributed by atoms with Crippen LogP contribution >= 0.6 is 0 Å². The third-order valence-corrected chi connectivity index (χ3v) is 7.69. The van der Waals surface area contributed by atoms with E-state index in [1.54, 1.807) is 29.2 Å². The first-order valence-corrected chi connectivity index (χ1v) is 9.97. The molecule has 1 saturated heterocycles. The predicted octanol–water partition coefficient (Wildman–Crippen LogP) is 2.81. The lowest BCUT2D eigenvalue weighted by Gasteiger charge is -2.34. The number of carbonyl (C=O) groups is 1. The lowest BCUT2D eigenvalue weighted by molar-refractivity contribution is -0.134. The lowest BCUT2D eigenvalue weighted by Crippen LogP contribution is -2.39. The van der Waals surface area contributed by atoms with E-state index in [0.29, 0.717) is 4.90 Å². The molecular weight excluding hydrogens is 310 g/mol. The van der Waals surface area contributed by atoms with E-state index in [1.165, 1.54) is 0 Å². The Labute approximate surface area is 138 Å². The molecule has 0 spiro atoms. The van der Waals surface area contributed by atoms with Crippen molar-refractivity contribution in [2.45, 2.75) is 50.5 Å². The average Bonchev–Trinajstić information content (AvgIpc) is 2.70. The molecule has 126 valence electrons. The molecule has 4 nitrogen and oxygen atoms in total. The van der Waals surface area contributed by atoms with E-state index in [4.69, 9.17) is 0 Å². The minimum Gasteiger partial charge on any atom is -0.342 e. The molecule has 1 aliphatic carbocycles. The third-order valence-electron chi connectivity index (χ3n) is 5.72. The van der Waals surface area contributed by atoms with Crippen molar-refractivity contribution in [2.24, 2.45) is 11.3 Å². The van der Waals surface area contributed by atoms with Crippen LogP contribution in [0.5, 0.6) is 0 Å². The predicted molar refractivity (Wildman–Crippen MR) is 89.9 cm³/mol. The lowest BCUT2D eigenvalue weighted by atomic mass is 9.72. The van der Waals surface area contributed by atoms with Gasteiger partial charge in [-0.1, -0.05) is 30.5 Å². The molecule has 0 radical (unpaired) electrons. The maximum Gasteiger partial charge on any atom is 0.229 e. The smallest absolute Gasteiger partial charge is 0.229 e. The van der Waals surface area contributed by atoms with Gasteiger partial charge in [-0.3, -0.25) is 4.79 Å². The van der Waals surface area contributed by atoms with Gasteiger partial charge in [0.1, 0.15) is 0 Å². The number of nitrogens with zero attached hydrogens (tertiary/aromatic N) is 1. The van der Waals surface area contributed by atoms with E-state index in [0.717, 1.165) is 31.2 Å². The summed E-state index contributed by atoms with van der Waals surface area (Å²) in [5.74, 6) is 0.0481. The van der Waals surface area contributed by atoms with Crippen molar-refractivity contribution < 1.29 is 13.2 Å². The summed E-state index contributed by atoms with van der Waals surface area (Å²) in [5, 5.41) is 0. The van der Waals surface area contributed by atoms with Crippen molar-refractivity contribution in [3.05, 3.63) is 29.8 Å². The normalized spacial score (nSPS) is 31.3. The molecule has 3 rings (SSSR count). The average molecular weight is 335 g/mol. The first kappa shape index (κ1) is 16.5. The number of benzene rings is 1. The summed E-state index contributed by atoms with van der Waals surface area (Å²) >= 11 is 0. The standard InChI is InChI=1S/C18H25NO3S/c1-13-8-10-14(11-9-13)23(21,22)12-18(2)15-6-4-5-7-16(15)19(3)17(18)20/h8-11,15-16H,4-7,12H2,1-3H3/t15-,16?,18-/m0/s1. The molecule has 23 heavy (non-hydrogen) atoms. The van der Waals surface area contributed by atoms with E-state index >= 15 is 0 Å². The molecule has 1 heterocycles. The number of sulfone groups is 1. The summed E-state index contributed by atoms with van der Waals surface area (Å²) in [4.78, 5) is 14.9. The van der Waals surface area contributed by atoms with Gasteiger partial charge in [-0.05, 0) is 44.7 Å². The van der Waals surface area contributed by atoms with Crippen molar-refractivity contribution in [1.82, 2.24) is 4.90 Å². The minimum atomic E-state index is -3.47. The summed E-state index contributed by atoms with van der Waals surface area (Å²) in [6, 6.07) is 7.11. The highest BCUT2D eigenvalue weighted by Gasteiger charge is 2.56. The summed E-state index contributed by atoms with van der Waals surface area (Å²) in [5.41, 5.74) is 0.225. The van der Waals surface area contributed by atoms with Crippen LogP contribution in [0.3, 0.4) is 0 Å². The Kier molecular flexibility index (Phi) is 4.03. The molecule has 2 aliphatic rings. The molecule has 2 fully saturated rings. The zero-order valence-electron chi connectivity index (χ0n) is 14.1. The highest BCUT2D eigenvalue weighted by molar-refractivity contribution is 7.91. The molecule has 1 aromatic carbocycles. The molecule has 0 aromatic heterocycles. The quantitative estimate of drug-likeness (QED) is 0.853. The molecule has 1 aromatic rings. The highest BCUT2D eigenvalue weighted by Crippen LogP contribution is 2.48. The highest BCUT2D eigenvalue weighted by atomic mass is 32.2. The van der Waals surface area contributed by atoms with Crippen LogP contribution in [-0.4, -0.2) is 38.1 Å². The number of aryl methyl sites for hydroxylation is 1. The van der Waals surface area contributed by atoms with Crippen molar-refractivity contribution >= 4 is 15.7 Å². The summed E-state index contributed by atoms with van der Waals surface area (Å²) in [6.45, 7) is 3.79. The fraction of sp³-hybridized carbons (Fsp3) is 0.611. The van der Waals surface area contributed by atoms with Gasteiger partial charge >= 0.3 is 0 Å². The Morgan fingerprint density at radius 2 is 1.78 bits per heavy atom. The Morgan fingerprint density at radius 1 is 1.17 bits per heavy atom. The second-order valence-corrected chi connectivity index (χ2v) is 9.35. The molecule has 1 amide bonds. The zero-order valence-corrected chi connectivity index (χ0v) is 14.9. The first-order valence-electron chi connectivity index (χ1n) is 8.32. The van der Waals surface area contributed by atoms with Crippen molar-refractivity contribution in [1.29, 1.82) is 0 Å². The number of hydrogen-bond donors (Lipinski definition) is 0. The monoisotopic (exact) mass is 335 g/mol. The van der Waals surface area contributed by atoms with Crippen LogP contribution in [0, 0.1) is 18.3 Å². The Hall–Kier alpha value is -1.36. The van der Waals surface area contributed by atoms with Crippen molar-refractivity contribution in [3.8, 4) is 0 Å². The van der Waals surface area contributed by atoms with Gasteiger partial charge in [0.15, 0.2) is 9.84 Å². The molecule has 0 N–H and O–H groups in total. The summed E-state index contributed by atoms with van der Waals surface area (Å²) < 4.78 is 25.7. The van der Waals surface area contributed by atoms with E-state index in [9.17, 15) is 13.2 Å². The summed E-state index contributed by atoms with van der Waals surface area (Å²) in [6.07, 6.45) is 4.15. The topological polar surface area (TPSA) is 54.5 Å². The zero-order chi connectivity index (χ0) is 16.8. The van der Waals surface area contributed by atoms with Crippen molar-refractivity contribution in [2.75, 3.05) is 12.8 Å². The van der Waals surface area contributed by atoms with E-state index in [1.807, 2.05) is 20.9 Å². The Balaban J connectivity index is 1.93. The fourth-order valence-electron chi connectivity index (χ4n) is 4.42. The van der Waals surface area contributed by atoms with Crippen LogP contribution in [0.2, 0.25) is 0 Å². The Morgan fingerprint density at radius 3 is 2.43 bits per heavy atom. The number of hydrogen-bond acceptors (Lipinski definition) is 3. The number of carbonyl (C=O) groups excluding carboxylic acids is 1. The third kappa shape index (κ3) is 2.69. The molecule has 3 atom stereocenters. The molecule has 1 saturated carbocycles. The maximum absolute atomic E-state index is 12.9. The van der Waals surface area contributed by atoms with Crippen LogP contribution in [0.15, 0.2) is 29.2 Å². The number of rotatable bonds is 3. The fourth-order valence-corrected chi connectivity index (χ4v) is 6.27. The number of amides is 1. The van der Waals surface area contributed by atoms with Gasteiger partial charge in [-0.25, -0.2) is 8.42 Å². The molecule has 1 unspecified atom stereocenters. The summed E-state index contributed by atoms with van der Waals surface area (Å²) in [7, 11) is -1.64. The van der Waals surface area contributed by atoms with E-state index < -0.39 is 15.3 Å². The van der Waals surface area contributed by atoms with Crippen LogP contribution in [0.4, 0.5) is 0 Å². The maximum atomic E-state index is 12.9. The van der Waals surface area contributed by atoms with Gasteiger partial charge < -0.3 is 4.90 Å². The number of fused-ring (bicyclic) bond motifs is 1. The van der Waals surface area contributed by atoms with Gasteiger partial charge in [0.25, 0.3) is 0 Å². The van der Waals surface area contributed by atoms with Crippen LogP contribution in [0.1, 0.15) is 38.2 Å². The second kappa shape index (κ2) is 5.62. The minimum absolute atomic E-state index is 0.00918. The molecule has 1 aliphatic heterocycles. The van der Waals surface area contributed by atoms with Crippen LogP contribution < -0.4 is 0 Å². The van der Waals surface area contributed by atoms with E-state index in [-0.39, 0.29) is 23.6 Å². The van der Waals surface area contributed by atoms with Gasteiger partial charge in [0, 0.05) is 13.1 Å². The van der Waals surface area contributed by atoms with Crippen LogP contribution in [-0.2, 0) is 14.6 Å². The van der Waals surface area contributed by atoms with Crippen molar-refractivity contribution in [3.63, 3.8) is 0 Å². The number of likely N-dealkylation sites (tertiary alicyclic amines) is 1. The van der Waals surface area contributed by atoms with Gasteiger partial charge in [-0.15, -0.1) is 0 Å². The van der Waals surface area contributed by atoms with Gasteiger partial charge in [0.2, 0.25) is 5.91 Å². The largest absolute Gasteiger partial charge is 0.342 e. The molecule has 0 bridgehead atoms. The SMILES string of the molecule is Cc1ccc(S(=O)(=O)C[C@]2(C)C(=O)N(C)C3CCCC[C@@H]32)cc1. The second-order valence-electron chi connectivity index (χ2n) is 7.36. The van der Waals surface area contributed by atoms with Gasteiger partial charge in [0.05, 0.1) is 16.1 Å². The first-order chi connectivity index (χ1) is 10.8. The van der Waals surface area contributed by atoms with Crippen LogP contribution in [0.25, 0.3) is 0 Å². The van der Waals surface area contributed by atoms with E-state index in [2.05, 4.69) is 0 Å². The Bertz CT molecular complexity index is 710. The van der Waals surface area contributed by atoms with Gasteiger partial charge in [-0.2, -0.15) is 0 Å².